The van der Waals surface area contributed by atoms with Gasteiger partial charge in [-0.2, -0.15) is 0 Å². The number of urea groups is 1. The molecule has 0 radical (unpaired) electrons. The van der Waals surface area contributed by atoms with Gasteiger partial charge in [0.25, 0.3) is 5.91 Å². The van der Waals surface area contributed by atoms with Crippen molar-refractivity contribution in [3.05, 3.63) is 65.7 Å². The molecule has 7 nitrogen and oxygen atoms in total. The van der Waals surface area contributed by atoms with Gasteiger partial charge in [0, 0.05) is 43.9 Å². The number of anilines is 1. The van der Waals surface area contributed by atoms with Crippen molar-refractivity contribution in [2.45, 2.75) is 31.7 Å². The number of benzene rings is 2. The van der Waals surface area contributed by atoms with Crippen LogP contribution in [0.1, 0.15) is 35.2 Å². The number of nitrogens with zero attached hydrogens (tertiary/aromatic N) is 2. The third kappa shape index (κ3) is 5.23. The molecule has 2 N–H and O–H groups in total. The highest BCUT2D eigenvalue weighted by atomic mass is 16.2. The Balaban J connectivity index is 1.24. The summed E-state index contributed by atoms with van der Waals surface area (Å²) in [7, 11) is 0. The van der Waals surface area contributed by atoms with Crippen LogP contribution in [0.5, 0.6) is 0 Å². The van der Waals surface area contributed by atoms with Crippen LogP contribution >= 0.6 is 0 Å². The zero-order valence-electron chi connectivity index (χ0n) is 17.5. The van der Waals surface area contributed by atoms with E-state index in [0.29, 0.717) is 37.3 Å². The molecule has 1 atom stereocenters. The molecule has 162 valence electrons. The molecule has 2 aromatic carbocycles. The number of hydrogen-bond acceptors (Lipinski definition) is 3. The van der Waals surface area contributed by atoms with Crippen LogP contribution in [0.4, 0.5) is 10.5 Å². The molecule has 2 heterocycles. The molecule has 2 aliphatic heterocycles. The molecule has 7 heteroatoms. The summed E-state index contributed by atoms with van der Waals surface area (Å²) < 4.78 is 0. The predicted molar refractivity (Wildman–Crippen MR) is 119 cm³/mol. The largest absolute Gasteiger partial charge is 0.352 e. The second kappa shape index (κ2) is 9.64. The van der Waals surface area contributed by atoms with Gasteiger partial charge in [-0.3, -0.25) is 9.59 Å². The van der Waals surface area contributed by atoms with Crippen LogP contribution in [-0.2, 0) is 11.2 Å². The van der Waals surface area contributed by atoms with E-state index in [4.69, 9.17) is 0 Å². The van der Waals surface area contributed by atoms with Crippen LogP contribution in [0, 0.1) is 0 Å². The molecular weight excluding hydrogens is 392 g/mol. The molecule has 31 heavy (non-hydrogen) atoms. The third-order valence-electron chi connectivity index (χ3n) is 5.94. The Bertz CT molecular complexity index is 930. The van der Waals surface area contributed by atoms with E-state index in [9.17, 15) is 14.4 Å². The van der Waals surface area contributed by atoms with Gasteiger partial charge in [0.05, 0.1) is 6.04 Å². The topological polar surface area (TPSA) is 81.8 Å². The highest BCUT2D eigenvalue weighted by Gasteiger charge is 2.34. The number of likely N-dealkylation sites (tertiary alicyclic amines) is 2. The van der Waals surface area contributed by atoms with E-state index in [2.05, 4.69) is 10.6 Å². The Hall–Kier alpha value is -3.35. The van der Waals surface area contributed by atoms with E-state index < -0.39 is 0 Å². The van der Waals surface area contributed by atoms with Crippen LogP contribution in [0.15, 0.2) is 54.6 Å². The molecule has 1 unspecified atom stereocenters. The summed E-state index contributed by atoms with van der Waals surface area (Å²) in [6, 6.07) is 16.9. The lowest BCUT2D eigenvalue weighted by molar-refractivity contribution is -0.129. The first-order valence-electron chi connectivity index (χ1n) is 10.9. The summed E-state index contributed by atoms with van der Waals surface area (Å²) >= 11 is 0. The summed E-state index contributed by atoms with van der Waals surface area (Å²) in [6.07, 6.45) is 3.13. The smallest absolute Gasteiger partial charge is 0.321 e. The first-order chi connectivity index (χ1) is 15.1. The standard InChI is InChI=1S/C24H28N4O3/c29-22-7-4-15-28(22)21-13-16-27(17-21)24(31)26-20-10-8-19(9-11-20)23(30)25-14-12-18-5-2-1-3-6-18/h1-3,5-6,8-11,21H,4,7,12-17H2,(H,25,30)(H,26,31). The van der Waals surface area contributed by atoms with E-state index in [1.165, 1.54) is 5.56 Å². The summed E-state index contributed by atoms with van der Waals surface area (Å²) in [5, 5.41) is 5.81. The minimum Gasteiger partial charge on any atom is -0.352 e. The molecule has 0 spiro atoms. The number of carbonyl (C=O) groups is 3. The predicted octanol–water partition coefficient (Wildman–Crippen LogP) is 2.89. The van der Waals surface area contributed by atoms with Gasteiger partial charge in [-0.1, -0.05) is 30.3 Å². The van der Waals surface area contributed by atoms with Gasteiger partial charge in [0.1, 0.15) is 0 Å². The molecule has 4 amide bonds. The van der Waals surface area contributed by atoms with Crippen LogP contribution in [0.25, 0.3) is 0 Å². The van der Waals surface area contributed by atoms with Gasteiger partial charge < -0.3 is 20.4 Å². The highest BCUT2D eigenvalue weighted by molar-refractivity contribution is 5.95. The Labute approximate surface area is 182 Å². The number of carbonyl (C=O) groups excluding carboxylic acids is 3. The van der Waals surface area contributed by atoms with Gasteiger partial charge in [-0.25, -0.2) is 4.79 Å². The van der Waals surface area contributed by atoms with Crippen molar-refractivity contribution in [2.24, 2.45) is 0 Å². The van der Waals surface area contributed by atoms with Crippen molar-refractivity contribution in [1.29, 1.82) is 0 Å². The lowest BCUT2D eigenvalue weighted by Crippen LogP contribution is -2.40. The van der Waals surface area contributed by atoms with Crippen LogP contribution in [0.3, 0.4) is 0 Å². The Morgan fingerprint density at radius 1 is 1.00 bits per heavy atom. The van der Waals surface area contributed by atoms with Crippen molar-refractivity contribution < 1.29 is 14.4 Å². The van der Waals surface area contributed by atoms with Gasteiger partial charge in [-0.05, 0) is 49.1 Å². The minimum absolute atomic E-state index is 0.128. The maximum Gasteiger partial charge on any atom is 0.321 e. The molecule has 2 saturated heterocycles. The summed E-state index contributed by atoms with van der Waals surface area (Å²) in [5.74, 6) is 0.0661. The second-order valence-corrected chi connectivity index (χ2v) is 8.08. The number of rotatable bonds is 6. The van der Waals surface area contributed by atoms with Crippen molar-refractivity contribution in [3.8, 4) is 0 Å². The maximum absolute atomic E-state index is 12.6. The van der Waals surface area contributed by atoms with E-state index >= 15 is 0 Å². The Kier molecular flexibility index (Phi) is 6.50. The van der Waals surface area contributed by atoms with Crippen LogP contribution in [-0.4, -0.2) is 59.9 Å². The highest BCUT2D eigenvalue weighted by Crippen LogP contribution is 2.22. The number of nitrogens with one attached hydrogen (secondary N) is 2. The zero-order chi connectivity index (χ0) is 21.6. The van der Waals surface area contributed by atoms with Crippen molar-refractivity contribution >= 4 is 23.5 Å². The fraction of sp³-hybridized carbons (Fsp3) is 0.375. The Morgan fingerprint density at radius 2 is 1.77 bits per heavy atom. The Morgan fingerprint density at radius 3 is 2.48 bits per heavy atom. The van der Waals surface area contributed by atoms with Crippen molar-refractivity contribution in [1.82, 2.24) is 15.1 Å². The van der Waals surface area contributed by atoms with Crippen LogP contribution in [0.2, 0.25) is 0 Å². The second-order valence-electron chi connectivity index (χ2n) is 8.08. The summed E-state index contributed by atoms with van der Waals surface area (Å²) in [4.78, 5) is 40.5. The SMILES string of the molecule is O=C(NCCc1ccccc1)c1ccc(NC(=O)N2CCC(N3CCCC3=O)C2)cc1. The average Bonchev–Trinajstić information content (AvgIpc) is 3.44. The first-order valence-corrected chi connectivity index (χ1v) is 10.9. The van der Waals surface area contributed by atoms with E-state index in [-0.39, 0.29) is 23.9 Å². The van der Waals surface area contributed by atoms with E-state index in [1.807, 2.05) is 35.2 Å². The first kappa shape index (κ1) is 20.9. The molecule has 0 bridgehead atoms. The van der Waals surface area contributed by atoms with Gasteiger partial charge in [0.15, 0.2) is 0 Å². The molecule has 0 aromatic heterocycles. The minimum atomic E-state index is -0.172. The lowest BCUT2D eigenvalue weighted by Gasteiger charge is -2.24. The molecule has 0 aliphatic carbocycles. The summed E-state index contributed by atoms with van der Waals surface area (Å²) in [6.45, 7) is 2.58. The van der Waals surface area contributed by atoms with Crippen LogP contribution < -0.4 is 10.6 Å². The normalized spacial score (nSPS) is 18.3. The molecule has 2 fully saturated rings. The van der Waals surface area contributed by atoms with Crippen molar-refractivity contribution in [2.75, 3.05) is 31.5 Å². The fourth-order valence-corrected chi connectivity index (χ4v) is 4.21. The lowest BCUT2D eigenvalue weighted by atomic mass is 10.1. The molecule has 4 rings (SSSR count). The number of amides is 4. The average molecular weight is 421 g/mol. The fourth-order valence-electron chi connectivity index (χ4n) is 4.21. The maximum atomic E-state index is 12.6. The van der Waals surface area contributed by atoms with Gasteiger partial charge in [-0.15, -0.1) is 0 Å². The monoisotopic (exact) mass is 420 g/mol. The quantitative estimate of drug-likeness (QED) is 0.754. The van der Waals surface area contributed by atoms with E-state index in [0.717, 1.165) is 25.8 Å². The van der Waals surface area contributed by atoms with Crippen molar-refractivity contribution in [3.63, 3.8) is 0 Å². The molecule has 2 aromatic rings. The number of hydrogen-bond donors (Lipinski definition) is 2. The zero-order valence-corrected chi connectivity index (χ0v) is 17.5. The van der Waals surface area contributed by atoms with Gasteiger partial charge >= 0.3 is 6.03 Å². The van der Waals surface area contributed by atoms with E-state index in [1.54, 1.807) is 29.2 Å². The molecule has 2 aliphatic rings. The van der Waals surface area contributed by atoms with Gasteiger partial charge in [0.2, 0.25) is 5.91 Å². The summed E-state index contributed by atoms with van der Waals surface area (Å²) in [5.41, 5.74) is 2.38. The molecular formula is C24H28N4O3. The molecule has 0 saturated carbocycles. The third-order valence-corrected chi connectivity index (χ3v) is 5.94.